The molecule has 29 heavy (non-hydrogen) atoms. The topological polar surface area (TPSA) is 103 Å². The quantitative estimate of drug-likeness (QED) is 0.505. The van der Waals surface area contributed by atoms with Crippen LogP contribution in [0.4, 0.5) is 5.69 Å². The van der Waals surface area contributed by atoms with Gasteiger partial charge in [-0.3, -0.25) is 9.48 Å². The molecule has 4 rings (SSSR count). The van der Waals surface area contributed by atoms with Gasteiger partial charge < -0.3 is 5.32 Å². The lowest BCUT2D eigenvalue weighted by Gasteiger charge is -2.10. The van der Waals surface area contributed by atoms with Crippen molar-refractivity contribution < 1.29 is 4.79 Å². The van der Waals surface area contributed by atoms with Crippen LogP contribution in [0.3, 0.4) is 0 Å². The number of anilines is 1. The molecule has 0 radical (unpaired) electrons. The molecule has 4 aromatic rings. The van der Waals surface area contributed by atoms with Crippen LogP contribution >= 0.6 is 11.8 Å². The van der Waals surface area contributed by atoms with E-state index in [0.29, 0.717) is 29.5 Å². The molecule has 0 saturated heterocycles. The molecule has 0 aliphatic heterocycles. The lowest BCUT2D eigenvalue weighted by molar-refractivity contribution is -0.116. The molecule has 0 saturated carbocycles. The number of thioether (sulfide) groups is 1. The van der Waals surface area contributed by atoms with Crippen molar-refractivity contribution in [3.8, 4) is 0 Å². The van der Waals surface area contributed by atoms with Crippen LogP contribution in [0.5, 0.6) is 0 Å². The molecule has 0 unspecified atom stereocenters. The molecule has 9 nitrogen and oxygen atoms in total. The number of fused-ring (bicyclic) bond motifs is 2. The van der Waals surface area contributed by atoms with Gasteiger partial charge in [-0.25, -0.2) is 14.5 Å². The summed E-state index contributed by atoms with van der Waals surface area (Å²) in [6, 6.07) is 1.91. The third-order valence-electron chi connectivity index (χ3n) is 4.96. The second kappa shape index (κ2) is 7.43. The van der Waals surface area contributed by atoms with Crippen LogP contribution in [0, 0.1) is 20.8 Å². The van der Waals surface area contributed by atoms with Gasteiger partial charge in [0.25, 0.3) is 5.78 Å². The standard InChI is InChI=1S/C19H22N8OS/c1-10-14(12(3)27-18(21-10)23-19(25-27)29-5)6-7-16(28)22-13-8-15-11(2)24-26(4)17(15)20-9-13/h8-9H,6-7H2,1-5H3,(H,22,28). The fourth-order valence-corrected chi connectivity index (χ4v) is 3.81. The number of nitrogens with zero attached hydrogens (tertiary/aromatic N) is 7. The van der Waals surface area contributed by atoms with Crippen molar-refractivity contribution in [1.29, 1.82) is 0 Å². The molecule has 0 spiro atoms. The largest absolute Gasteiger partial charge is 0.325 e. The molecule has 0 aromatic carbocycles. The van der Waals surface area contributed by atoms with Gasteiger partial charge in [0.05, 0.1) is 17.6 Å². The van der Waals surface area contributed by atoms with E-state index in [1.165, 1.54) is 11.8 Å². The van der Waals surface area contributed by atoms with E-state index < -0.39 is 0 Å². The van der Waals surface area contributed by atoms with Crippen molar-refractivity contribution in [2.24, 2.45) is 7.05 Å². The van der Waals surface area contributed by atoms with Crippen molar-refractivity contribution in [2.45, 2.75) is 38.8 Å². The minimum atomic E-state index is -0.0741. The van der Waals surface area contributed by atoms with Gasteiger partial charge in [-0.2, -0.15) is 10.1 Å². The molecule has 4 heterocycles. The van der Waals surface area contributed by atoms with Gasteiger partial charge in [-0.15, -0.1) is 5.10 Å². The Morgan fingerprint density at radius 2 is 1.97 bits per heavy atom. The Kier molecular flexibility index (Phi) is 4.95. The van der Waals surface area contributed by atoms with Crippen molar-refractivity contribution in [2.75, 3.05) is 11.6 Å². The minimum absolute atomic E-state index is 0.0741. The van der Waals surface area contributed by atoms with Gasteiger partial charge in [0.1, 0.15) is 0 Å². The monoisotopic (exact) mass is 410 g/mol. The highest BCUT2D eigenvalue weighted by atomic mass is 32.2. The number of carbonyl (C=O) groups excluding carboxylic acids is 1. The zero-order valence-electron chi connectivity index (χ0n) is 17.0. The lowest BCUT2D eigenvalue weighted by Crippen LogP contribution is -2.14. The fraction of sp³-hybridized carbons (Fsp3) is 0.368. The molecule has 0 aliphatic carbocycles. The first-order valence-corrected chi connectivity index (χ1v) is 10.5. The number of hydrogen-bond donors (Lipinski definition) is 1. The Labute approximate surface area is 171 Å². The molecule has 10 heteroatoms. The van der Waals surface area contributed by atoms with Crippen molar-refractivity contribution in [3.05, 3.63) is 34.9 Å². The Morgan fingerprint density at radius 3 is 2.72 bits per heavy atom. The van der Waals surface area contributed by atoms with Crippen LogP contribution in [0.15, 0.2) is 17.4 Å². The van der Waals surface area contributed by atoms with Crippen LogP contribution in [-0.4, -0.2) is 46.5 Å². The average molecular weight is 411 g/mol. The van der Waals surface area contributed by atoms with Gasteiger partial charge in [-0.1, -0.05) is 11.8 Å². The SMILES string of the molecule is CSc1nc2nc(C)c(CCC(=O)Nc3cnc4c(c3)c(C)nn4C)c(C)n2n1. The number of hydrogen-bond acceptors (Lipinski definition) is 7. The van der Waals surface area contributed by atoms with Gasteiger partial charge in [-0.05, 0) is 45.1 Å². The van der Waals surface area contributed by atoms with E-state index in [1.54, 1.807) is 15.4 Å². The first-order valence-electron chi connectivity index (χ1n) is 9.23. The van der Waals surface area contributed by atoms with Gasteiger partial charge >= 0.3 is 0 Å². The summed E-state index contributed by atoms with van der Waals surface area (Å²) in [4.78, 5) is 25.9. The summed E-state index contributed by atoms with van der Waals surface area (Å²) in [5, 5.41) is 13.4. The summed E-state index contributed by atoms with van der Waals surface area (Å²) < 4.78 is 3.48. The predicted molar refractivity (Wildman–Crippen MR) is 112 cm³/mol. The maximum atomic E-state index is 12.5. The number of rotatable bonds is 5. The molecule has 0 atom stereocenters. The second-order valence-electron chi connectivity index (χ2n) is 6.92. The van der Waals surface area contributed by atoms with Crippen LogP contribution in [-0.2, 0) is 18.3 Å². The number of carbonyl (C=O) groups is 1. The van der Waals surface area contributed by atoms with Gasteiger partial charge in [0.15, 0.2) is 5.65 Å². The number of aryl methyl sites for hydroxylation is 4. The summed E-state index contributed by atoms with van der Waals surface area (Å²) in [7, 11) is 1.85. The average Bonchev–Trinajstić information content (AvgIpc) is 3.22. The van der Waals surface area contributed by atoms with Crippen LogP contribution in [0.2, 0.25) is 0 Å². The Morgan fingerprint density at radius 1 is 1.17 bits per heavy atom. The maximum Gasteiger partial charge on any atom is 0.253 e. The number of amides is 1. The molecule has 0 fully saturated rings. The highest BCUT2D eigenvalue weighted by Gasteiger charge is 2.15. The summed E-state index contributed by atoms with van der Waals surface area (Å²) in [5.41, 5.74) is 5.19. The van der Waals surface area contributed by atoms with Crippen molar-refractivity contribution in [3.63, 3.8) is 0 Å². The minimum Gasteiger partial charge on any atom is -0.325 e. The zero-order valence-corrected chi connectivity index (χ0v) is 17.8. The summed E-state index contributed by atoms with van der Waals surface area (Å²) >= 11 is 1.48. The summed E-state index contributed by atoms with van der Waals surface area (Å²) in [6.07, 6.45) is 4.50. The van der Waals surface area contributed by atoms with Crippen LogP contribution < -0.4 is 5.32 Å². The molecule has 0 bridgehead atoms. The molecular formula is C19H22N8OS. The molecule has 4 aromatic heterocycles. The summed E-state index contributed by atoms with van der Waals surface area (Å²) in [5.74, 6) is 0.513. The van der Waals surface area contributed by atoms with Crippen molar-refractivity contribution >= 4 is 40.2 Å². The van der Waals surface area contributed by atoms with Crippen LogP contribution in [0.25, 0.3) is 16.8 Å². The van der Waals surface area contributed by atoms with E-state index in [2.05, 4.69) is 30.5 Å². The molecule has 1 N–H and O–H groups in total. The van der Waals surface area contributed by atoms with E-state index in [0.717, 1.165) is 33.7 Å². The lowest BCUT2D eigenvalue weighted by atomic mass is 10.1. The van der Waals surface area contributed by atoms with E-state index in [-0.39, 0.29) is 5.91 Å². The fourth-order valence-electron chi connectivity index (χ4n) is 3.48. The summed E-state index contributed by atoms with van der Waals surface area (Å²) in [6.45, 7) is 5.85. The number of nitrogens with one attached hydrogen (secondary N) is 1. The molecule has 150 valence electrons. The second-order valence-corrected chi connectivity index (χ2v) is 7.70. The zero-order chi connectivity index (χ0) is 20.7. The van der Waals surface area contributed by atoms with Crippen molar-refractivity contribution in [1.82, 2.24) is 34.3 Å². The predicted octanol–water partition coefficient (Wildman–Crippen LogP) is 2.62. The highest BCUT2D eigenvalue weighted by Crippen LogP contribution is 2.21. The number of aromatic nitrogens is 7. The maximum absolute atomic E-state index is 12.5. The highest BCUT2D eigenvalue weighted by molar-refractivity contribution is 7.98. The van der Waals surface area contributed by atoms with E-state index in [4.69, 9.17) is 0 Å². The number of pyridine rings is 1. The molecular weight excluding hydrogens is 388 g/mol. The normalized spacial score (nSPS) is 11.5. The smallest absolute Gasteiger partial charge is 0.253 e. The van der Waals surface area contributed by atoms with Gasteiger partial charge in [0, 0.05) is 30.2 Å². The molecule has 1 amide bonds. The Balaban J connectivity index is 1.50. The van der Waals surface area contributed by atoms with E-state index in [9.17, 15) is 4.79 Å². The van der Waals surface area contributed by atoms with E-state index in [1.807, 2.05) is 40.1 Å². The molecule has 0 aliphatic rings. The van der Waals surface area contributed by atoms with Gasteiger partial charge in [0.2, 0.25) is 11.1 Å². The first-order chi connectivity index (χ1) is 13.9. The third-order valence-corrected chi connectivity index (χ3v) is 5.50. The Hall–Kier alpha value is -3.01. The van der Waals surface area contributed by atoms with E-state index >= 15 is 0 Å². The third kappa shape index (κ3) is 3.55. The Bertz CT molecular complexity index is 1240. The first kappa shape index (κ1) is 19.3. The van der Waals surface area contributed by atoms with Crippen LogP contribution in [0.1, 0.15) is 29.1 Å².